The van der Waals surface area contributed by atoms with E-state index in [2.05, 4.69) is 61.5 Å². The normalized spacial score (nSPS) is 18.4. The molecular formula is C56H63ClF4N10O7S3. The molecular weight excluding hydrogens is 1130 g/mol. The molecule has 4 amide bonds. The van der Waals surface area contributed by atoms with Crippen molar-refractivity contribution < 1.29 is 48.8 Å². The molecule has 9 rings (SSSR count). The van der Waals surface area contributed by atoms with E-state index in [0.717, 1.165) is 72.6 Å². The minimum absolute atomic E-state index is 0.0242. The molecule has 1 aromatic heterocycles. The fourth-order valence-electron chi connectivity index (χ4n) is 10.5. The summed E-state index contributed by atoms with van der Waals surface area (Å²) in [4.78, 5) is 45.8. The molecule has 432 valence electrons. The SMILES string of the molecule is CC1(C)CCC(c2ccc(Cl)cc2)=C(CN2CCN(c3ccc(C(=O)NS(=O)(=O)c4ccc(N[C@H](CCN5CCN(Cc6nnc(N7CCC(=O)NC7=O)cc6F)CC5)CSc5ccccc5)c(S(=O)(=O)C(F)(F)F)c4)cc3)CC2)C1. The molecule has 0 unspecified atom stereocenters. The summed E-state index contributed by atoms with van der Waals surface area (Å²) < 4.78 is 115. The highest BCUT2D eigenvalue weighted by Crippen LogP contribution is 2.43. The first kappa shape index (κ1) is 59.5. The molecule has 1 atom stereocenters. The highest BCUT2D eigenvalue weighted by atomic mass is 35.5. The van der Waals surface area contributed by atoms with Gasteiger partial charge in [-0.2, -0.15) is 13.2 Å². The number of imide groups is 1. The average molecular weight is 1200 g/mol. The van der Waals surface area contributed by atoms with E-state index in [1.165, 1.54) is 40.6 Å². The Morgan fingerprint density at radius 2 is 1.47 bits per heavy atom. The Bertz CT molecular complexity index is 3360. The number of hydrogen-bond acceptors (Lipinski definition) is 15. The molecule has 0 saturated carbocycles. The molecule has 3 N–H and O–H groups in total. The number of halogens is 5. The van der Waals surface area contributed by atoms with Crippen molar-refractivity contribution in [3.8, 4) is 0 Å². The fourth-order valence-corrected chi connectivity index (χ4v) is 13.6. The minimum Gasteiger partial charge on any atom is -0.380 e. The maximum absolute atomic E-state index is 15.2. The van der Waals surface area contributed by atoms with Crippen molar-refractivity contribution in [1.29, 1.82) is 0 Å². The number of sulfonamides is 1. The molecule has 4 heterocycles. The van der Waals surface area contributed by atoms with Gasteiger partial charge in [0.1, 0.15) is 10.6 Å². The Balaban J connectivity index is 0.830. The standard InChI is InChI=1S/C56H63ClF4N10O7S3/c1-55(2)21-18-46(38-8-12-41(57)13-9-38)40(34-55)35-68-28-30-70(31-29-68)43-14-10-39(11-15-43)53(73)66-81(77,78)45-16-17-48(50(32-45)80(75,76)56(59,60)61)62-42(37-79-44-6-4-3-5-7-44)19-22-67-24-26-69(27-25-67)36-49-47(58)33-51(65-64-49)71-23-20-52(72)63-54(71)74/h3-17,32-33,42,62H,18-31,34-37H2,1-2H3,(H,66,73)(H,63,72,74)/t42-/m1/s1. The lowest BCUT2D eigenvalue weighted by Gasteiger charge is -2.39. The summed E-state index contributed by atoms with van der Waals surface area (Å²) in [5, 5.41) is 13.9. The quantitative estimate of drug-likeness (QED) is 0.0524. The number of allylic oxidation sites excluding steroid dienone is 1. The van der Waals surface area contributed by atoms with Crippen molar-refractivity contribution in [2.24, 2.45) is 5.41 Å². The van der Waals surface area contributed by atoms with Crippen LogP contribution >= 0.6 is 23.4 Å². The first-order valence-electron chi connectivity index (χ1n) is 26.6. The van der Waals surface area contributed by atoms with Crippen LogP contribution in [0.4, 0.5) is 39.5 Å². The van der Waals surface area contributed by atoms with Gasteiger partial charge >= 0.3 is 11.5 Å². The number of urea groups is 1. The second-order valence-electron chi connectivity index (χ2n) is 21.4. The van der Waals surface area contributed by atoms with Crippen LogP contribution < -0.4 is 25.2 Å². The van der Waals surface area contributed by atoms with Crippen LogP contribution in [-0.4, -0.2) is 149 Å². The van der Waals surface area contributed by atoms with Crippen molar-refractivity contribution in [2.45, 2.75) is 78.7 Å². The summed E-state index contributed by atoms with van der Waals surface area (Å²) >= 11 is 7.59. The second kappa shape index (κ2) is 25.1. The Morgan fingerprint density at radius 3 is 2.14 bits per heavy atom. The van der Waals surface area contributed by atoms with Crippen LogP contribution in [0.15, 0.2) is 123 Å². The second-order valence-corrected chi connectivity index (χ2v) is 26.5. The van der Waals surface area contributed by atoms with Crippen LogP contribution in [0.25, 0.3) is 5.57 Å². The van der Waals surface area contributed by atoms with Crippen molar-refractivity contribution in [3.63, 3.8) is 0 Å². The highest BCUT2D eigenvalue weighted by Gasteiger charge is 2.48. The average Bonchev–Trinajstić information content (AvgIpc) is 3.43. The molecule has 4 aromatic carbocycles. The number of alkyl halides is 3. The van der Waals surface area contributed by atoms with E-state index in [4.69, 9.17) is 11.6 Å². The summed E-state index contributed by atoms with van der Waals surface area (Å²) in [7, 11) is -11.1. The number of sulfone groups is 1. The number of piperazine rings is 2. The van der Waals surface area contributed by atoms with Gasteiger partial charge in [0.15, 0.2) is 11.6 Å². The van der Waals surface area contributed by atoms with Crippen molar-refractivity contribution in [3.05, 3.63) is 136 Å². The molecule has 25 heteroatoms. The van der Waals surface area contributed by atoms with Crippen LogP contribution in [0.5, 0.6) is 0 Å². The van der Waals surface area contributed by atoms with Crippen molar-refractivity contribution in [1.82, 2.24) is 34.9 Å². The molecule has 1 aliphatic carbocycles. The topological polar surface area (TPSA) is 198 Å². The number of aromatic nitrogens is 2. The van der Waals surface area contributed by atoms with Crippen LogP contribution in [0.2, 0.25) is 5.02 Å². The summed E-state index contributed by atoms with van der Waals surface area (Å²) in [6.45, 7) is 11.1. The van der Waals surface area contributed by atoms with E-state index in [9.17, 15) is 44.4 Å². The predicted molar refractivity (Wildman–Crippen MR) is 304 cm³/mol. The van der Waals surface area contributed by atoms with Gasteiger partial charge in [0, 0.05) is 124 Å². The number of carbonyl (C=O) groups excluding carboxylic acids is 3. The molecule has 0 radical (unpaired) electrons. The number of thioether (sulfide) groups is 1. The Morgan fingerprint density at radius 1 is 0.802 bits per heavy atom. The number of rotatable bonds is 19. The van der Waals surface area contributed by atoms with E-state index < -0.39 is 70.6 Å². The number of benzene rings is 4. The lowest BCUT2D eigenvalue weighted by molar-refractivity contribution is -0.120. The maximum atomic E-state index is 15.2. The molecule has 3 saturated heterocycles. The number of amides is 4. The Labute approximate surface area is 478 Å². The van der Waals surface area contributed by atoms with Gasteiger partial charge in [-0.15, -0.1) is 22.0 Å². The summed E-state index contributed by atoms with van der Waals surface area (Å²) in [5.41, 5.74) is -1.24. The van der Waals surface area contributed by atoms with Gasteiger partial charge in [-0.05, 0) is 109 Å². The third-order valence-corrected chi connectivity index (χ3v) is 19.3. The van der Waals surface area contributed by atoms with Gasteiger partial charge < -0.3 is 15.1 Å². The zero-order valence-electron chi connectivity index (χ0n) is 44.7. The number of carbonyl (C=O) groups is 3. The number of hydrogen-bond donors (Lipinski definition) is 3. The predicted octanol–water partition coefficient (Wildman–Crippen LogP) is 8.69. The molecule has 17 nitrogen and oxygen atoms in total. The van der Waals surface area contributed by atoms with Crippen LogP contribution in [0.3, 0.4) is 0 Å². The van der Waals surface area contributed by atoms with Crippen LogP contribution in [0.1, 0.15) is 67.6 Å². The Hall–Kier alpha value is -6.15. The zero-order chi connectivity index (χ0) is 57.7. The molecule has 5 aromatic rings. The van der Waals surface area contributed by atoms with Crippen molar-refractivity contribution in [2.75, 3.05) is 92.9 Å². The molecule has 0 spiro atoms. The van der Waals surface area contributed by atoms with Gasteiger partial charge in [-0.1, -0.05) is 61.4 Å². The van der Waals surface area contributed by atoms with Crippen LogP contribution in [-0.2, 0) is 31.2 Å². The monoisotopic (exact) mass is 1190 g/mol. The van der Waals surface area contributed by atoms with E-state index >= 15 is 4.39 Å². The Kier molecular flexibility index (Phi) is 18.5. The van der Waals surface area contributed by atoms with Gasteiger partial charge in [-0.25, -0.2) is 30.7 Å². The molecule has 3 aliphatic heterocycles. The first-order chi connectivity index (χ1) is 38.5. The van der Waals surface area contributed by atoms with Gasteiger partial charge in [0.25, 0.3) is 25.8 Å². The molecule has 81 heavy (non-hydrogen) atoms. The third kappa shape index (κ3) is 14.9. The number of anilines is 3. The van der Waals surface area contributed by atoms with Gasteiger partial charge in [-0.3, -0.25) is 29.6 Å². The first-order valence-corrected chi connectivity index (χ1v) is 30.9. The summed E-state index contributed by atoms with van der Waals surface area (Å²) in [5.74, 6) is -1.92. The van der Waals surface area contributed by atoms with Gasteiger partial charge in [0.05, 0.1) is 10.6 Å². The van der Waals surface area contributed by atoms with Gasteiger partial charge in [0.2, 0.25) is 5.91 Å². The van der Waals surface area contributed by atoms with E-state index in [1.54, 1.807) is 12.1 Å². The number of nitrogens with one attached hydrogen (secondary N) is 3. The minimum atomic E-state index is -6.16. The van der Waals surface area contributed by atoms with E-state index in [-0.39, 0.29) is 47.8 Å². The number of nitrogens with zero attached hydrogens (tertiary/aromatic N) is 7. The summed E-state index contributed by atoms with van der Waals surface area (Å²) in [6.07, 6.45) is 3.45. The lowest BCUT2D eigenvalue weighted by Crippen LogP contribution is -2.50. The third-order valence-electron chi connectivity index (χ3n) is 15.1. The summed E-state index contributed by atoms with van der Waals surface area (Å²) in [6, 6.07) is 25.6. The lowest BCUT2D eigenvalue weighted by atomic mass is 9.73. The maximum Gasteiger partial charge on any atom is 0.501 e. The highest BCUT2D eigenvalue weighted by molar-refractivity contribution is 7.99. The fraction of sp³-hybridized carbons (Fsp3) is 0.411. The van der Waals surface area contributed by atoms with Crippen molar-refractivity contribution >= 4 is 83.8 Å². The largest absolute Gasteiger partial charge is 0.501 e. The van der Waals surface area contributed by atoms with Crippen LogP contribution in [0, 0.1) is 11.2 Å². The molecule has 0 bridgehead atoms. The zero-order valence-corrected chi connectivity index (χ0v) is 47.9. The van der Waals surface area contributed by atoms with E-state index in [0.29, 0.717) is 63.3 Å². The molecule has 3 fully saturated rings. The smallest absolute Gasteiger partial charge is 0.380 e. The van der Waals surface area contributed by atoms with E-state index in [1.807, 2.05) is 52.1 Å². The molecule has 4 aliphatic rings.